The number of hydrogen-bond donors (Lipinski definition) is 2. The van der Waals surface area contributed by atoms with Gasteiger partial charge in [0.15, 0.2) is 0 Å². The topological polar surface area (TPSA) is 125 Å². The van der Waals surface area contributed by atoms with Crippen LogP contribution in [0.3, 0.4) is 0 Å². The zero-order valence-electron chi connectivity index (χ0n) is 22.1. The molecule has 1 aromatic heterocycles. The van der Waals surface area contributed by atoms with E-state index in [1.54, 1.807) is 42.5 Å². The van der Waals surface area contributed by atoms with Crippen molar-refractivity contribution in [2.45, 2.75) is 25.5 Å². The van der Waals surface area contributed by atoms with Gasteiger partial charge in [0.05, 0.1) is 14.2 Å². The SMILES string of the molecule is COc1cccc(OC)c1C(=O)N[C@@H](CCCNC(=O)OCc1ccccc1)c1nc(-c2ccc(Cl)cc2)no1. The third-order valence-corrected chi connectivity index (χ3v) is 6.21. The summed E-state index contributed by atoms with van der Waals surface area (Å²) in [4.78, 5) is 30.0. The van der Waals surface area contributed by atoms with Crippen molar-refractivity contribution < 1.29 is 28.3 Å². The molecule has 40 heavy (non-hydrogen) atoms. The number of rotatable bonds is 12. The van der Waals surface area contributed by atoms with Crippen molar-refractivity contribution in [1.29, 1.82) is 0 Å². The monoisotopic (exact) mass is 564 g/mol. The number of hydrogen-bond acceptors (Lipinski definition) is 8. The van der Waals surface area contributed by atoms with Gasteiger partial charge in [-0.25, -0.2) is 4.79 Å². The number of alkyl carbamates (subject to hydrolysis) is 1. The first-order chi connectivity index (χ1) is 19.5. The highest BCUT2D eigenvalue weighted by atomic mass is 35.5. The summed E-state index contributed by atoms with van der Waals surface area (Å²) >= 11 is 5.99. The summed E-state index contributed by atoms with van der Waals surface area (Å²) in [5.41, 5.74) is 1.83. The predicted molar refractivity (Wildman–Crippen MR) is 148 cm³/mol. The summed E-state index contributed by atoms with van der Waals surface area (Å²) in [6.45, 7) is 0.470. The molecule has 208 valence electrons. The van der Waals surface area contributed by atoms with Gasteiger partial charge in [0.25, 0.3) is 5.91 Å². The van der Waals surface area contributed by atoms with E-state index in [-0.39, 0.29) is 18.1 Å². The number of carbonyl (C=O) groups is 2. The molecule has 2 amide bonds. The number of aromatic nitrogens is 2. The van der Waals surface area contributed by atoms with E-state index in [1.165, 1.54) is 14.2 Å². The fourth-order valence-corrected chi connectivity index (χ4v) is 4.05. The number of ether oxygens (including phenoxy) is 3. The lowest BCUT2D eigenvalue weighted by Crippen LogP contribution is -2.31. The number of benzene rings is 3. The van der Waals surface area contributed by atoms with Crippen LogP contribution in [-0.2, 0) is 11.3 Å². The average molecular weight is 565 g/mol. The highest BCUT2D eigenvalue weighted by molar-refractivity contribution is 6.30. The quantitative estimate of drug-likeness (QED) is 0.213. The Morgan fingerprint density at radius 1 is 0.950 bits per heavy atom. The molecule has 0 radical (unpaired) electrons. The Morgan fingerprint density at radius 3 is 2.33 bits per heavy atom. The maximum Gasteiger partial charge on any atom is 0.407 e. The molecule has 0 spiro atoms. The first-order valence-electron chi connectivity index (χ1n) is 12.5. The number of nitrogens with zero attached hydrogens (tertiary/aromatic N) is 2. The molecule has 3 aromatic carbocycles. The molecular formula is C29H29ClN4O6. The molecule has 10 nitrogen and oxygen atoms in total. The average Bonchev–Trinajstić information content (AvgIpc) is 3.48. The molecular weight excluding hydrogens is 536 g/mol. The normalized spacial score (nSPS) is 11.4. The molecule has 4 rings (SSSR count). The van der Waals surface area contributed by atoms with Gasteiger partial charge in [0.2, 0.25) is 11.7 Å². The summed E-state index contributed by atoms with van der Waals surface area (Å²) in [5.74, 6) is 0.819. The zero-order chi connectivity index (χ0) is 28.3. The summed E-state index contributed by atoms with van der Waals surface area (Å²) in [7, 11) is 2.95. The Hall–Kier alpha value is -4.57. The largest absolute Gasteiger partial charge is 0.496 e. The van der Waals surface area contributed by atoms with E-state index in [0.717, 1.165) is 5.56 Å². The van der Waals surface area contributed by atoms with Crippen molar-refractivity contribution in [2.24, 2.45) is 0 Å². The lowest BCUT2D eigenvalue weighted by atomic mass is 10.1. The Kier molecular flexibility index (Phi) is 9.95. The van der Waals surface area contributed by atoms with Gasteiger partial charge in [-0.2, -0.15) is 4.98 Å². The molecule has 0 saturated heterocycles. The van der Waals surface area contributed by atoms with Gasteiger partial charge in [-0.3, -0.25) is 4.79 Å². The van der Waals surface area contributed by atoms with Crippen LogP contribution in [0.4, 0.5) is 4.79 Å². The van der Waals surface area contributed by atoms with Gasteiger partial charge >= 0.3 is 6.09 Å². The van der Waals surface area contributed by atoms with E-state index in [1.807, 2.05) is 30.3 Å². The van der Waals surface area contributed by atoms with Gasteiger partial charge in [-0.15, -0.1) is 0 Å². The summed E-state index contributed by atoms with van der Waals surface area (Å²) in [6, 6.07) is 20.8. The second-order valence-corrected chi connectivity index (χ2v) is 9.09. The van der Waals surface area contributed by atoms with Gasteiger partial charge in [0.1, 0.15) is 29.7 Å². The minimum Gasteiger partial charge on any atom is -0.496 e. The molecule has 1 heterocycles. The van der Waals surface area contributed by atoms with Gasteiger partial charge in [0, 0.05) is 17.1 Å². The Labute approximate surface area is 236 Å². The molecule has 0 aliphatic rings. The summed E-state index contributed by atoms with van der Waals surface area (Å²) in [6.07, 6.45) is 0.323. The van der Waals surface area contributed by atoms with Crippen LogP contribution in [0.5, 0.6) is 11.5 Å². The second-order valence-electron chi connectivity index (χ2n) is 8.66. The van der Waals surface area contributed by atoms with Crippen LogP contribution >= 0.6 is 11.6 Å². The van der Waals surface area contributed by atoms with E-state index >= 15 is 0 Å². The Morgan fingerprint density at radius 2 is 1.65 bits per heavy atom. The first kappa shape index (κ1) is 28.4. The summed E-state index contributed by atoms with van der Waals surface area (Å²) < 4.78 is 21.6. The van der Waals surface area contributed by atoms with Crippen LogP contribution < -0.4 is 20.1 Å². The summed E-state index contributed by atoms with van der Waals surface area (Å²) in [5, 5.41) is 10.3. The number of halogens is 1. The third kappa shape index (κ3) is 7.51. The predicted octanol–water partition coefficient (Wildman–Crippen LogP) is 5.58. The van der Waals surface area contributed by atoms with Crippen molar-refractivity contribution >= 4 is 23.6 Å². The third-order valence-electron chi connectivity index (χ3n) is 5.95. The van der Waals surface area contributed by atoms with Crippen molar-refractivity contribution in [1.82, 2.24) is 20.8 Å². The highest BCUT2D eigenvalue weighted by Gasteiger charge is 2.26. The molecule has 1 atom stereocenters. The lowest BCUT2D eigenvalue weighted by Gasteiger charge is -2.18. The molecule has 0 bridgehead atoms. The van der Waals surface area contributed by atoms with Crippen molar-refractivity contribution in [3.8, 4) is 22.9 Å². The fourth-order valence-electron chi connectivity index (χ4n) is 3.93. The highest BCUT2D eigenvalue weighted by Crippen LogP contribution is 2.30. The second kappa shape index (κ2) is 14.0. The molecule has 0 aliphatic carbocycles. The minimum absolute atomic E-state index is 0.168. The van der Waals surface area contributed by atoms with E-state index in [4.69, 9.17) is 30.3 Å². The Balaban J connectivity index is 1.44. The molecule has 0 unspecified atom stereocenters. The van der Waals surface area contributed by atoms with Crippen molar-refractivity contribution in [3.63, 3.8) is 0 Å². The first-order valence-corrected chi connectivity index (χ1v) is 12.9. The molecule has 0 fully saturated rings. The molecule has 0 aliphatic heterocycles. The van der Waals surface area contributed by atoms with E-state index in [9.17, 15) is 9.59 Å². The van der Waals surface area contributed by atoms with Crippen LogP contribution in [0.15, 0.2) is 77.3 Å². The standard InChI is InChI=1S/C29H29ClN4O6/c1-37-23-11-6-12-24(38-2)25(23)27(35)32-22(28-33-26(34-40-28)20-13-15-21(30)16-14-20)10-7-17-31-29(36)39-18-19-8-4-3-5-9-19/h3-6,8-9,11-16,22H,7,10,17-18H2,1-2H3,(H,31,36)(H,32,35)/t22-/m0/s1. The van der Waals surface area contributed by atoms with E-state index < -0.39 is 18.0 Å². The fraction of sp³-hybridized carbons (Fsp3) is 0.241. The smallest absolute Gasteiger partial charge is 0.407 e. The van der Waals surface area contributed by atoms with Crippen LogP contribution in [0.2, 0.25) is 5.02 Å². The molecule has 2 N–H and O–H groups in total. The van der Waals surface area contributed by atoms with Crippen LogP contribution in [-0.4, -0.2) is 42.9 Å². The van der Waals surface area contributed by atoms with E-state index in [0.29, 0.717) is 47.3 Å². The van der Waals surface area contributed by atoms with Gasteiger partial charge in [-0.1, -0.05) is 53.2 Å². The van der Waals surface area contributed by atoms with Crippen LogP contribution in [0, 0.1) is 0 Å². The van der Waals surface area contributed by atoms with Gasteiger partial charge in [-0.05, 0) is 54.8 Å². The number of amides is 2. The number of carbonyl (C=O) groups excluding carboxylic acids is 2. The Bertz CT molecular complexity index is 1390. The zero-order valence-corrected chi connectivity index (χ0v) is 22.8. The van der Waals surface area contributed by atoms with Crippen LogP contribution in [0.25, 0.3) is 11.4 Å². The maximum absolute atomic E-state index is 13.4. The number of methoxy groups -OCH3 is 2. The molecule has 0 saturated carbocycles. The van der Waals surface area contributed by atoms with Crippen molar-refractivity contribution in [2.75, 3.05) is 20.8 Å². The number of nitrogens with one attached hydrogen (secondary N) is 2. The minimum atomic E-state index is -0.669. The van der Waals surface area contributed by atoms with Crippen LogP contribution in [0.1, 0.15) is 40.7 Å². The van der Waals surface area contributed by atoms with E-state index in [2.05, 4.69) is 20.8 Å². The lowest BCUT2D eigenvalue weighted by molar-refractivity contribution is 0.0918. The van der Waals surface area contributed by atoms with Crippen molar-refractivity contribution in [3.05, 3.63) is 94.8 Å². The maximum atomic E-state index is 13.4. The molecule has 4 aromatic rings. The van der Waals surface area contributed by atoms with Gasteiger partial charge < -0.3 is 29.4 Å². The molecule has 11 heteroatoms.